The van der Waals surface area contributed by atoms with Crippen molar-refractivity contribution in [3.05, 3.63) is 92.8 Å². The van der Waals surface area contributed by atoms with Gasteiger partial charge in [-0.15, -0.1) is 0 Å². The lowest BCUT2D eigenvalue weighted by Gasteiger charge is -2.37. The molecule has 0 bridgehead atoms. The molecule has 5 nitrogen and oxygen atoms in total. The number of carbonyl (C=O) groups excluding carboxylic acids is 2. The number of rotatable bonds is 4. The first-order chi connectivity index (χ1) is 14.9. The van der Waals surface area contributed by atoms with Crippen LogP contribution in [0.2, 0.25) is 5.02 Å². The maximum atomic E-state index is 13.3. The van der Waals surface area contributed by atoms with Crippen LogP contribution in [0.5, 0.6) is 0 Å². The van der Waals surface area contributed by atoms with Gasteiger partial charge in [0.05, 0.1) is 23.7 Å². The Balaban J connectivity index is 1.83. The molecule has 2 aliphatic heterocycles. The van der Waals surface area contributed by atoms with Crippen LogP contribution in [0.3, 0.4) is 0 Å². The predicted molar refractivity (Wildman–Crippen MR) is 118 cm³/mol. The summed E-state index contributed by atoms with van der Waals surface area (Å²) in [6.45, 7) is 5.80. The normalized spacial score (nSPS) is 20.7. The van der Waals surface area contributed by atoms with Crippen LogP contribution < -0.4 is 5.32 Å². The second kappa shape index (κ2) is 8.60. The van der Waals surface area contributed by atoms with E-state index in [1.54, 1.807) is 13.0 Å². The van der Waals surface area contributed by atoms with Crippen molar-refractivity contribution in [2.75, 3.05) is 6.61 Å². The van der Waals surface area contributed by atoms with E-state index < -0.39 is 24.0 Å². The van der Waals surface area contributed by atoms with E-state index in [1.807, 2.05) is 56.3 Å². The van der Waals surface area contributed by atoms with E-state index in [0.29, 0.717) is 33.9 Å². The molecular formula is C25H24ClNO4. The maximum Gasteiger partial charge on any atom is 0.337 e. The van der Waals surface area contributed by atoms with Gasteiger partial charge in [-0.2, -0.15) is 0 Å². The number of esters is 2. The number of benzene rings is 2. The standard InChI is InChI=1S/C25H24ClNO4/c1-4-30-24(28)21-15(3)27-19-13-20(16-10-6-5-9-14(16)2)31-25(29)23(19)22(21)17-11-7-8-12-18(17)26/h5-12,20,22,27H,4,13H2,1-3H3. The Morgan fingerprint density at radius 3 is 2.48 bits per heavy atom. The largest absolute Gasteiger partial charge is 0.463 e. The molecule has 0 spiro atoms. The Bertz CT molecular complexity index is 1120. The van der Waals surface area contributed by atoms with Gasteiger partial charge in [0.15, 0.2) is 0 Å². The molecule has 31 heavy (non-hydrogen) atoms. The van der Waals surface area contributed by atoms with Gasteiger partial charge >= 0.3 is 11.9 Å². The number of allylic oxidation sites excluding steroid dienone is 1. The van der Waals surface area contributed by atoms with Crippen molar-refractivity contribution in [1.82, 2.24) is 5.32 Å². The summed E-state index contributed by atoms with van der Waals surface area (Å²) in [5, 5.41) is 3.77. The number of hydrogen-bond acceptors (Lipinski definition) is 5. The maximum absolute atomic E-state index is 13.3. The van der Waals surface area contributed by atoms with E-state index in [-0.39, 0.29) is 6.61 Å². The molecule has 160 valence electrons. The molecule has 0 fully saturated rings. The summed E-state index contributed by atoms with van der Waals surface area (Å²) in [5.41, 5.74) is 4.89. The summed E-state index contributed by atoms with van der Waals surface area (Å²) >= 11 is 6.51. The number of halogens is 1. The molecule has 1 N–H and O–H groups in total. The lowest BCUT2D eigenvalue weighted by atomic mass is 9.78. The predicted octanol–water partition coefficient (Wildman–Crippen LogP) is 5.11. The van der Waals surface area contributed by atoms with E-state index in [9.17, 15) is 9.59 Å². The zero-order valence-corrected chi connectivity index (χ0v) is 18.5. The highest BCUT2D eigenvalue weighted by Gasteiger charge is 2.43. The van der Waals surface area contributed by atoms with Crippen molar-refractivity contribution in [1.29, 1.82) is 0 Å². The van der Waals surface area contributed by atoms with Crippen molar-refractivity contribution in [2.45, 2.75) is 39.2 Å². The fourth-order valence-electron chi connectivity index (χ4n) is 4.34. The minimum Gasteiger partial charge on any atom is -0.463 e. The molecule has 0 aromatic heterocycles. The Labute approximate surface area is 186 Å². The van der Waals surface area contributed by atoms with Crippen LogP contribution in [0, 0.1) is 6.92 Å². The molecule has 6 heteroatoms. The summed E-state index contributed by atoms with van der Waals surface area (Å²) in [4.78, 5) is 26.2. The zero-order valence-electron chi connectivity index (χ0n) is 17.7. The molecule has 0 saturated heterocycles. The first-order valence-corrected chi connectivity index (χ1v) is 10.7. The number of carbonyl (C=O) groups is 2. The molecule has 0 amide bonds. The Morgan fingerprint density at radius 1 is 1.13 bits per heavy atom. The fourth-order valence-corrected chi connectivity index (χ4v) is 4.58. The third-order valence-electron chi connectivity index (χ3n) is 5.75. The van der Waals surface area contributed by atoms with Gasteiger partial charge in [0, 0.05) is 22.8 Å². The minimum atomic E-state index is -0.658. The zero-order chi connectivity index (χ0) is 22.1. The van der Waals surface area contributed by atoms with Crippen molar-refractivity contribution in [3.8, 4) is 0 Å². The quantitative estimate of drug-likeness (QED) is 0.673. The second-order valence-corrected chi connectivity index (χ2v) is 8.09. The average molecular weight is 438 g/mol. The van der Waals surface area contributed by atoms with Crippen LogP contribution >= 0.6 is 11.6 Å². The third kappa shape index (κ3) is 3.86. The highest BCUT2D eigenvalue weighted by atomic mass is 35.5. The van der Waals surface area contributed by atoms with Crippen LogP contribution in [0.1, 0.15) is 49.0 Å². The summed E-state index contributed by atoms with van der Waals surface area (Å²) < 4.78 is 11.2. The van der Waals surface area contributed by atoms with E-state index in [4.69, 9.17) is 21.1 Å². The first kappa shape index (κ1) is 21.2. The SMILES string of the molecule is CCOC(=O)C1=C(C)NC2=C(C(=O)OC(c3ccccc3C)C2)C1c1ccccc1Cl. The lowest BCUT2D eigenvalue weighted by Crippen LogP contribution is -2.37. The van der Waals surface area contributed by atoms with Gasteiger partial charge < -0.3 is 14.8 Å². The van der Waals surface area contributed by atoms with Gasteiger partial charge in [-0.05, 0) is 43.5 Å². The lowest BCUT2D eigenvalue weighted by molar-refractivity contribution is -0.146. The second-order valence-electron chi connectivity index (χ2n) is 7.69. The van der Waals surface area contributed by atoms with Crippen LogP contribution in [-0.2, 0) is 19.1 Å². The van der Waals surface area contributed by atoms with Crippen molar-refractivity contribution < 1.29 is 19.1 Å². The van der Waals surface area contributed by atoms with Crippen LogP contribution in [0.15, 0.2) is 71.1 Å². The number of nitrogens with one attached hydrogen (secondary N) is 1. The highest BCUT2D eigenvalue weighted by Crippen LogP contribution is 2.46. The molecule has 2 aliphatic rings. The Kier molecular flexibility index (Phi) is 5.88. The van der Waals surface area contributed by atoms with Crippen molar-refractivity contribution in [2.24, 2.45) is 0 Å². The highest BCUT2D eigenvalue weighted by molar-refractivity contribution is 6.31. The van der Waals surface area contributed by atoms with E-state index in [0.717, 1.165) is 16.8 Å². The number of dihydropyridines is 1. The van der Waals surface area contributed by atoms with Gasteiger partial charge in [-0.3, -0.25) is 0 Å². The summed E-state index contributed by atoms with van der Waals surface area (Å²) in [6, 6.07) is 15.1. The molecule has 2 aromatic rings. The van der Waals surface area contributed by atoms with Crippen molar-refractivity contribution >= 4 is 23.5 Å². The van der Waals surface area contributed by atoms with Gasteiger partial charge in [0.2, 0.25) is 0 Å². The number of hydrogen-bond donors (Lipinski definition) is 1. The smallest absolute Gasteiger partial charge is 0.337 e. The summed E-state index contributed by atoms with van der Waals surface area (Å²) in [5.74, 6) is -1.59. The molecule has 2 atom stereocenters. The number of cyclic esters (lactones) is 1. The topological polar surface area (TPSA) is 64.6 Å². The molecule has 0 saturated carbocycles. The molecule has 4 rings (SSSR count). The van der Waals surface area contributed by atoms with Gasteiger partial charge in [-0.25, -0.2) is 9.59 Å². The number of aryl methyl sites for hydroxylation is 1. The van der Waals surface area contributed by atoms with Gasteiger partial charge in [0.1, 0.15) is 6.10 Å². The number of ether oxygens (including phenoxy) is 2. The molecule has 2 unspecified atom stereocenters. The van der Waals surface area contributed by atoms with E-state index in [2.05, 4.69) is 5.32 Å². The molecule has 0 aliphatic carbocycles. The van der Waals surface area contributed by atoms with Gasteiger partial charge in [0.25, 0.3) is 0 Å². The summed E-state index contributed by atoms with van der Waals surface area (Å²) in [7, 11) is 0. The molecule has 2 aromatic carbocycles. The van der Waals surface area contributed by atoms with E-state index >= 15 is 0 Å². The Morgan fingerprint density at radius 2 is 1.81 bits per heavy atom. The first-order valence-electron chi connectivity index (χ1n) is 10.3. The molecule has 0 radical (unpaired) electrons. The van der Waals surface area contributed by atoms with E-state index in [1.165, 1.54) is 0 Å². The molecular weight excluding hydrogens is 414 g/mol. The average Bonchev–Trinajstić information content (AvgIpc) is 2.73. The van der Waals surface area contributed by atoms with Crippen LogP contribution in [0.25, 0.3) is 0 Å². The van der Waals surface area contributed by atoms with Crippen molar-refractivity contribution in [3.63, 3.8) is 0 Å². The Hall–Kier alpha value is -3.05. The van der Waals surface area contributed by atoms with Gasteiger partial charge in [-0.1, -0.05) is 54.1 Å². The van der Waals surface area contributed by atoms with Crippen LogP contribution in [0.4, 0.5) is 0 Å². The monoisotopic (exact) mass is 437 g/mol. The molecule has 2 heterocycles. The van der Waals surface area contributed by atoms with Crippen LogP contribution in [-0.4, -0.2) is 18.5 Å². The third-order valence-corrected chi connectivity index (χ3v) is 6.09. The fraction of sp³-hybridized carbons (Fsp3) is 0.280. The summed E-state index contributed by atoms with van der Waals surface area (Å²) in [6.07, 6.45) is 0.0872. The minimum absolute atomic E-state index is 0.233.